The Hall–Kier alpha value is -2.62. The summed E-state index contributed by atoms with van der Waals surface area (Å²) < 4.78 is 1.88. The highest BCUT2D eigenvalue weighted by Crippen LogP contribution is 2.55. The molecule has 1 aliphatic rings. The Morgan fingerprint density at radius 2 is 1.92 bits per heavy atom. The highest BCUT2D eigenvalue weighted by Gasteiger charge is 2.60. The van der Waals surface area contributed by atoms with E-state index in [0.717, 1.165) is 30.3 Å². The highest BCUT2D eigenvalue weighted by molar-refractivity contribution is 9.10. The molecular weight excluding hydrogens is 594 g/mol. The molecule has 3 atom stereocenters. The molecule has 5 rings (SSSR count). The lowest BCUT2D eigenvalue weighted by Crippen LogP contribution is -2.54. The van der Waals surface area contributed by atoms with Gasteiger partial charge >= 0.3 is 5.97 Å². The quantitative estimate of drug-likeness (QED) is 0.234. The first-order chi connectivity index (χ1) is 18.4. The summed E-state index contributed by atoms with van der Waals surface area (Å²) in [4.78, 5) is 39.0. The van der Waals surface area contributed by atoms with Gasteiger partial charge in [-0.2, -0.15) is 0 Å². The van der Waals surface area contributed by atoms with E-state index in [2.05, 4.69) is 41.7 Å². The van der Waals surface area contributed by atoms with Crippen LogP contribution < -0.4 is 0 Å². The number of thiazole rings is 2. The Labute approximate surface area is 245 Å². The van der Waals surface area contributed by atoms with E-state index in [-0.39, 0.29) is 29.6 Å². The summed E-state index contributed by atoms with van der Waals surface area (Å²) in [5.74, 6) is -1.54. The van der Waals surface area contributed by atoms with Gasteiger partial charge in [-0.25, -0.2) is 14.8 Å². The van der Waals surface area contributed by atoms with Crippen LogP contribution in [-0.2, 0) is 10.2 Å². The number of hydrogen-bond donors (Lipinski definition) is 1. The lowest BCUT2D eigenvalue weighted by atomic mass is 9.83. The minimum Gasteiger partial charge on any atom is -0.479 e. The molecule has 0 unspecified atom stereocenters. The number of nitrogens with zero attached hydrogens (tertiary/aromatic N) is 3. The van der Waals surface area contributed by atoms with Crippen molar-refractivity contribution in [2.75, 3.05) is 0 Å². The van der Waals surface area contributed by atoms with Crippen LogP contribution in [0.1, 0.15) is 85.4 Å². The van der Waals surface area contributed by atoms with E-state index in [0.29, 0.717) is 12.0 Å². The van der Waals surface area contributed by atoms with Gasteiger partial charge < -0.3 is 10.0 Å². The average molecular weight is 627 g/mol. The molecule has 39 heavy (non-hydrogen) atoms. The molecule has 0 aliphatic carbocycles. The number of hydrogen-bond acceptors (Lipinski definition) is 6. The molecule has 1 amide bonds. The molecule has 6 nitrogen and oxygen atoms in total. The average Bonchev–Trinajstić information content (AvgIpc) is 3.59. The summed E-state index contributed by atoms with van der Waals surface area (Å²) in [6, 6.07) is 13.0. The molecule has 2 aromatic carbocycles. The molecule has 1 aliphatic heterocycles. The van der Waals surface area contributed by atoms with E-state index < -0.39 is 17.6 Å². The second-order valence-electron chi connectivity index (χ2n) is 11.7. The fraction of sp³-hybridized carbons (Fsp3) is 0.400. The monoisotopic (exact) mass is 625 g/mol. The van der Waals surface area contributed by atoms with Gasteiger partial charge in [-0.05, 0) is 54.0 Å². The number of benzene rings is 2. The predicted octanol–water partition coefficient (Wildman–Crippen LogP) is 8.05. The van der Waals surface area contributed by atoms with Crippen molar-refractivity contribution in [3.05, 3.63) is 79.7 Å². The first-order valence-electron chi connectivity index (χ1n) is 13.0. The van der Waals surface area contributed by atoms with Crippen molar-refractivity contribution in [1.82, 2.24) is 14.9 Å². The summed E-state index contributed by atoms with van der Waals surface area (Å²) in [6.45, 7) is 10.4. The van der Waals surface area contributed by atoms with Crippen LogP contribution in [0.4, 0.5) is 0 Å². The molecule has 3 heterocycles. The zero-order valence-electron chi connectivity index (χ0n) is 22.6. The minimum atomic E-state index is -1.40. The minimum absolute atomic E-state index is 0.0532. The third-order valence-electron chi connectivity index (χ3n) is 7.40. The zero-order valence-corrected chi connectivity index (χ0v) is 25.9. The van der Waals surface area contributed by atoms with Gasteiger partial charge in [0.2, 0.25) is 0 Å². The second kappa shape index (κ2) is 10.4. The summed E-state index contributed by atoms with van der Waals surface area (Å²) in [7, 11) is 0. The van der Waals surface area contributed by atoms with Crippen LogP contribution in [0, 0.1) is 5.92 Å². The van der Waals surface area contributed by atoms with Crippen LogP contribution in [0.3, 0.4) is 0 Å². The summed E-state index contributed by atoms with van der Waals surface area (Å²) >= 11 is 6.70. The number of amides is 1. The Kier molecular flexibility index (Phi) is 7.45. The largest absolute Gasteiger partial charge is 0.479 e. The Balaban J connectivity index is 1.70. The van der Waals surface area contributed by atoms with Crippen molar-refractivity contribution >= 4 is 60.7 Å². The third kappa shape index (κ3) is 5.05. The maximum atomic E-state index is 14.5. The van der Waals surface area contributed by atoms with E-state index in [1.54, 1.807) is 22.4 Å². The molecule has 0 spiro atoms. The van der Waals surface area contributed by atoms with Gasteiger partial charge in [0.05, 0.1) is 21.3 Å². The van der Waals surface area contributed by atoms with Gasteiger partial charge in [0.15, 0.2) is 0 Å². The van der Waals surface area contributed by atoms with Gasteiger partial charge in [0, 0.05) is 27.5 Å². The molecule has 4 aromatic rings. The molecule has 0 bridgehead atoms. The van der Waals surface area contributed by atoms with Gasteiger partial charge in [-0.3, -0.25) is 4.79 Å². The van der Waals surface area contributed by atoms with Gasteiger partial charge in [0.1, 0.15) is 10.5 Å². The van der Waals surface area contributed by atoms with E-state index in [9.17, 15) is 14.7 Å². The number of carboxylic acids is 1. The maximum absolute atomic E-state index is 14.5. The molecular formula is C30H32BrN3O3S2. The number of halogens is 1. The molecule has 204 valence electrons. The lowest BCUT2D eigenvalue weighted by molar-refractivity contribution is -0.150. The van der Waals surface area contributed by atoms with Crippen molar-refractivity contribution in [2.24, 2.45) is 5.92 Å². The Bertz CT molecular complexity index is 1490. The Morgan fingerprint density at radius 3 is 2.51 bits per heavy atom. The van der Waals surface area contributed by atoms with E-state index in [1.807, 2.05) is 61.7 Å². The Morgan fingerprint density at radius 1 is 1.18 bits per heavy atom. The molecule has 1 N–H and O–H groups in total. The van der Waals surface area contributed by atoms with Crippen LogP contribution >= 0.6 is 38.6 Å². The van der Waals surface area contributed by atoms with Gasteiger partial charge in [-0.1, -0.05) is 68.7 Å². The first-order valence-corrected chi connectivity index (χ1v) is 15.5. The number of fused-ring (bicyclic) bond motifs is 1. The number of aliphatic carboxylic acids is 1. The summed E-state index contributed by atoms with van der Waals surface area (Å²) in [5.41, 5.74) is 0.898. The number of aromatic nitrogens is 2. The van der Waals surface area contributed by atoms with Crippen LogP contribution in [0.5, 0.6) is 0 Å². The maximum Gasteiger partial charge on any atom is 0.329 e. The molecule has 0 radical (unpaired) electrons. The number of para-hydroxylation sites is 1. The normalized spacial score (nSPS) is 21.7. The van der Waals surface area contributed by atoms with Crippen LogP contribution in [0.15, 0.2) is 58.5 Å². The van der Waals surface area contributed by atoms with Crippen LogP contribution in [0.2, 0.25) is 0 Å². The summed E-state index contributed by atoms with van der Waals surface area (Å²) in [6.07, 6.45) is 2.33. The second-order valence-corrected chi connectivity index (χ2v) is 14.5. The highest BCUT2D eigenvalue weighted by atomic mass is 79.9. The lowest BCUT2D eigenvalue weighted by Gasteiger charge is -2.38. The van der Waals surface area contributed by atoms with Gasteiger partial charge in [-0.15, -0.1) is 22.7 Å². The number of rotatable bonds is 6. The number of carbonyl (C=O) groups is 2. The number of carboxylic acid groups (broad SMARTS) is 1. The van der Waals surface area contributed by atoms with Crippen molar-refractivity contribution in [3.63, 3.8) is 0 Å². The SMILES string of the molecule is CC(C)C[C@@]1(C(=O)O)C[C@H](c2nc3ccccc3s2)[C@H](c2nccs2)N1C(=O)c1ccc(C(C)(C)C)c(Br)c1. The zero-order chi connectivity index (χ0) is 28.1. The van der Waals surface area contributed by atoms with E-state index in [1.165, 1.54) is 11.3 Å². The fourth-order valence-corrected chi connectivity index (χ4v) is 8.67. The smallest absolute Gasteiger partial charge is 0.329 e. The molecule has 1 saturated heterocycles. The molecule has 1 fully saturated rings. The molecule has 9 heteroatoms. The third-order valence-corrected chi connectivity index (χ3v) is 10.1. The fourth-order valence-electron chi connectivity index (χ4n) is 5.80. The summed E-state index contributed by atoms with van der Waals surface area (Å²) in [5, 5.41) is 14.3. The van der Waals surface area contributed by atoms with E-state index >= 15 is 0 Å². The molecule has 0 saturated carbocycles. The van der Waals surface area contributed by atoms with Crippen LogP contribution in [-0.4, -0.2) is 37.4 Å². The van der Waals surface area contributed by atoms with Crippen LogP contribution in [0.25, 0.3) is 10.2 Å². The van der Waals surface area contributed by atoms with Crippen molar-refractivity contribution in [3.8, 4) is 0 Å². The number of carbonyl (C=O) groups excluding carboxylic acids is 1. The van der Waals surface area contributed by atoms with E-state index in [4.69, 9.17) is 4.98 Å². The molecule has 2 aromatic heterocycles. The van der Waals surface area contributed by atoms with Crippen molar-refractivity contribution in [1.29, 1.82) is 0 Å². The topological polar surface area (TPSA) is 83.4 Å². The van der Waals surface area contributed by atoms with Crippen molar-refractivity contribution < 1.29 is 14.7 Å². The first kappa shape index (κ1) is 27.9. The number of likely N-dealkylation sites (tertiary alicyclic amines) is 1. The van der Waals surface area contributed by atoms with Gasteiger partial charge in [0.25, 0.3) is 5.91 Å². The predicted molar refractivity (Wildman–Crippen MR) is 161 cm³/mol. The standard InChI is InChI=1S/C30H32BrN3O3S2/c1-17(2)15-30(28(36)37)16-19(25-33-22-8-6-7-9-23(22)39-25)24(26-32-12-13-38-26)34(30)27(35)18-10-11-20(21(31)14-18)29(3,4)5/h6-14,17,19,24H,15-16H2,1-5H3,(H,36,37)/t19-,24+,30-/m0/s1. The van der Waals surface area contributed by atoms with Crippen molar-refractivity contribution in [2.45, 2.75) is 70.4 Å².